The maximum Gasteiger partial charge on any atom is 0.335 e. The molecule has 0 fully saturated rings. The second-order valence-corrected chi connectivity index (χ2v) is 5.61. The first-order valence-electron chi connectivity index (χ1n) is 7.65. The lowest BCUT2D eigenvalue weighted by atomic mass is 9.93. The van der Waals surface area contributed by atoms with E-state index in [1.165, 1.54) is 24.0 Å². The van der Waals surface area contributed by atoms with Gasteiger partial charge in [-0.1, -0.05) is 50.3 Å². The minimum absolute atomic E-state index is 0.295. The van der Waals surface area contributed by atoms with Crippen LogP contribution in [0.5, 0.6) is 0 Å². The number of carboxylic acids is 1. The van der Waals surface area contributed by atoms with Crippen LogP contribution < -0.4 is 0 Å². The lowest BCUT2D eigenvalue weighted by molar-refractivity contribution is 0.0697. The van der Waals surface area contributed by atoms with Crippen LogP contribution in [-0.2, 0) is 6.42 Å². The minimum Gasteiger partial charge on any atom is -0.478 e. The number of benzene rings is 2. The first-order chi connectivity index (χ1) is 10.5. The number of hydrogen-bond donors (Lipinski definition) is 1. The van der Waals surface area contributed by atoms with Crippen LogP contribution in [0.3, 0.4) is 0 Å². The van der Waals surface area contributed by atoms with E-state index in [4.69, 9.17) is 5.11 Å². The molecule has 2 aromatic carbocycles. The Morgan fingerprint density at radius 3 is 2.27 bits per heavy atom. The van der Waals surface area contributed by atoms with Crippen molar-refractivity contribution in [2.24, 2.45) is 0 Å². The first kappa shape index (κ1) is 16.0. The third-order valence-electron chi connectivity index (χ3n) is 3.92. The molecule has 0 heterocycles. The van der Waals surface area contributed by atoms with Gasteiger partial charge < -0.3 is 5.11 Å². The van der Waals surface area contributed by atoms with Crippen LogP contribution in [-0.4, -0.2) is 11.1 Å². The summed E-state index contributed by atoms with van der Waals surface area (Å²) in [5.41, 5.74) is 5.86. The lowest BCUT2D eigenvalue weighted by Crippen LogP contribution is -1.97. The van der Waals surface area contributed by atoms with Gasteiger partial charge in [0.2, 0.25) is 0 Å². The molecule has 2 aromatic rings. The largest absolute Gasteiger partial charge is 0.478 e. The van der Waals surface area contributed by atoms with Crippen LogP contribution >= 0.6 is 0 Å². The van der Waals surface area contributed by atoms with E-state index in [9.17, 15) is 4.79 Å². The molecule has 0 aliphatic heterocycles. The Hall–Kier alpha value is -2.35. The number of unbranched alkanes of at least 4 members (excludes halogenated alkanes) is 1. The molecule has 0 aromatic heterocycles. The van der Waals surface area contributed by atoms with Crippen molar-refractivity contribution in [2.75, 3.05) is 0 Å². The summed E-state index contributed by atoms with van der Waals surface area (Å²) in [5.74, 6) is -0.909. The highest BCUT2D eigenvalue weighted by molar-refractivity contribution is 5.88. The third-order valence-corrected chi connectivity index (χ3v) is 3.92. The van der Waals surface area contributed by atoms with Gasteiger partial charge in [0.25, 0.3) is 0 Å². The van der Waals surface area contributed by atoms with Crippen LogP contribution in [0.2, 0.25) is 0 Å². The van der Waals surface area contributed by atoms with Crippen molar-refractivity contribution < 1.29 is 9.90 Å². The molecule has 0 aliphatic carbocycles. The molecule has 0 unspecified atom stereocenters. The normalized spacial score (nSPS) is 10.5. The molecule has 0 atom stereocenters. The summed E-state index contributed by atoms with van der Waals surface area (Å²) in [4.78, 5) is 10.9. The molecule has 114 valence electrons. The number of aryl methyl sites for hydroxylation is 2. The van der Waals surface area contributed by atoms with Gasteiger partial charge in [-0.3, -0.25) is 0 Å². The van der Waals surface area contributed by atoms with Crippen molar-refractivity contribution in [3.8, 4) is 0 Å². The zero-order chi connectivity index (χ0) is 16.1. The van der Waals surface area contributed by atoms with Gasteiger partial charge in [0.1, 0.15) is 0 Å². The fourth-order valence-corrected chi connectivity index (χ4v) is 2.57. The third kappa shape index (κ3) is 3.64. The molecule has 22 heavy (non-hydrogen) atoms. The van der Waals surface area contributed by atoms with Crippen LogP contribution in [0, 0.1) is 6.92 Å². The van der Waals surface area contributed by atoms with E-state index in [0.29, 0.717) is 5.56 Å². The Balaban J connectivity index is 2.23. The number of carboxylic acid groups (broad SMARTS) is 1. The SMILES string of the molecule is C=C(c1ccc(C(=O)O)cc1)c1ccc(CCCC)cc1C. The fourth-order valence-electron chi connectivity index (χ4n) is 2.57. The summed E-state index contributed by atoms with van der Waals surface area (Å²) < 4.78 is 0. The van der Waals surface area contributed by atoms with Gasteiger partial charge in [-0.2, -0.15) is 0 Å². The maximum absolute atomic E-state index is 10.9. The molecule has 0 saturated carbocycles. The predicted molar refractivity (Wildman–Crippen MR) is 91.3 cm³/mol. The summed E-state index contributed by atoms with van der Waals surface area (Å²) >= 11 is 0. The molecule has 2 heteroatoms. The molecule has 0 radical (unpaired) electrons. The smallest absolute Gasteiger partial charge is 0.335 e. The number of carbonyl (C=O) groups is 1. The number of hydrogen-bond acceptors (Lipinski definition) is 1. The minimum atomic E-state index is -0.909. The molecule has 0 saturated heterocycles. The molecule has 2 nitrogen and oxygen atoms in total. The summed E-state index contributed by atoms with van der Waals surface area (Å²) in [6.07, 6.45) is 3.51. The van der Waals surface area contributed by atoms with E-state index in [1.807, 2.05) is 12.1 Å². The Kier molecular flexibility index (Phi) is 5.16. The summed E-state index contributed by atoms with van der Waals surface area (Å²) in [7, 11) is 0. The molecule has 1 N–H and O–H groups in total. The van der Waals surface area contributed by atoms with Crippen molar-refractivity contribution in [2.45, 2.75) is 33.1 Å². The maximum atomic E-state index is 10.9. The van der Waals surface area contributed by atoms with Crippen LogP contribution in [0.4, 0.5) is 0 Å². The predicted octanol–water partition coefficient (Wildman–Crippen LogP) is 5.10. The van der Waals surface area contributed by atoms with Gasteiger partial charge >= 0.3 is 5.97 Å². The van der Waals surface area contributed by atoms with Crippen LogP contribution in [0.15, 0.2) is 49.0 Å². The van der Waals surface area contributed by atoms with Crippen molar-refractivity contribution >= 4 is 11.5 Å². The van der Waals surface area contributed by atoms with E-state index >= 15 is 0 Å². The molecule has 0 spiro atoms. The highest BCUT2D eigenvalue weighted by atomic mass is 16.4. The number of rotatable bonds is 6. The second-order valence-electron chi connectivity index (χ2n) is 5.61. The lowest BCUT2D eigenvalue weighted by Gasteiger charge is -2.12. The average Bonchev–Trinajstić information content (AvgIpc) is 2.52. The molecular formula is C20H22O2. The summed E-state index contributed by atoms with van der Waals surface area (Å²) in [5, 5.41) is 8.95. The quantitative estimate of drug-likeness (QED) is 0.805. The molecule has 0 bridgehead atoms. The van der Waals surface area contributed by atoms with E-state index in [2.05, 4.69) is 38.6 Å². The van der Waals surface area contributed by atoms with Crippen molar-refractivity contribution in [3.05, 3.63) is 76.9 Å². The van der Waals surface area contributed by atoms with Gasteiger partial charge in [0, 0.05) is 0 Å². The highest BCUT2D eigenvalue weighted by Crippen LogP contribution is 2.26. The van der Waals surface area contributed by atoms with Gasteiger partial charge in [0.15, 0.2) is 0 Å². The van der Waals surface area contributed by atoms with Crippen LogP contribution in [0.25, 0.3) is 5.57 Å². The van der Waals surface area contributed by atoms with Gasteiger partial charge in [0.05, 0.1) is 5.56 Å². The second kappa shape index (κ2) is 7.08. The Morgan fingerprint density at radius 2 is 1.73 bits per heavy atom. The zero-order valence-electron chi connectivity index (χ0n) is 13.2. The fraction of sp³-hybridized carbons (Fsp3) is 0.250. The highest BCUT2D eigenvalue weighted by Gasteiger charge is 2.08. The van der Waals surface area contributed by atoms with Gasteiger partial charge in [-0.15, -0.1) is 0 Å². The van der Waals surface area contributed by atoms with Gasteiger partial charge in [-0.25, -0.2) is 4.79 Å². The van der Waals surface area contributed by atoms with E-state index < -0.39 is 5.97 Å². The molecule has 0 aliphatic rings. The summed E-state index contributed by atoms with van der Waals surface area (Å²) in [6.45, 7) is 8.47. The summed E-state index contributed by atoms with van der Waals surface area (Å²) in [6, 6.07) is 13.4. The zero-order valence-corrected chi connectivity index (χ0v) is 13.2. The number of aromatic carboxylic acids is 1. The standard InChI is InChI=1S/C20H22O2/c1-4-5-6-16-7-12-19(14(2)13-16)15(3)17-8-10-18(11-9-17)20(21)22/h7-13H,3-6H2,1-2H3,(H,21,22). The van der Waals surface area contributed by atoms with E-state index in [1.54, 1.807) is 12.1 Å². The van der Waals surface area contributed by atoms with Crippen molar-refractivity contribution in [1.29, 1.82) is 0 Å². The first-order valence-corrected chi connectivity index (χ1v) is 7.65. The Morgan fingerprint density at radius 1 is 1.09 bits per heavy atom. The van der Waals surface area contributed by atoms with Crippen molar-refractivity contribution in [3.63, 3.8) is 0 Å². The Labute approximate surface area is 132 Å². The van der Waals surface area contributed by atoms with Crippen molar-refractivity contribution in [1.82, 2.24) is 0 Å². The molecule has 2 rings (SSSR count). The molecular weight excluding hydrogens is 272 g/mol. The van der Waals surface area contributed by atoms with E-state index in [-0.39, 0.29) is 0 Å². The Bertz CT molecular complexity index is 681. The van der Waals surface area contributed by atoms with Gasteiger partial charge in [-0.05, 0) is 59.7 Å². The average molecular weight is 294 g/mol. The van der Waals surface area contributed by atoms with E-state index in [0.717, 1.165) is 23.1 Å². The topological polar surface area (TPSA) is 37.3 Å². The monoisotopic (exact) mass is 294 g/mol. The van der Waals surface area contributed by atoms with Crippen LogP contribution in [0.1, 0.15) is 52.4 Å². The molecule has 0 amide bonds.